The molecule has 0 spiro atoms. The van der Waals surface area contributed by atoms with E-state index < -0.39 is 0 Å². The standard InChI is InChI=1S/C12H16ClN3/c1-12(2,3)11-15-10(13)9-7-8(14-4)5-6-16(9)11/h5-7,14H,1-4H3. The van der Waals surface area contributed by atoms with Crippen molar-refractivity contribution in [3.63, 3.8) is 0 Å². The second kappa shape index (κ2) is 3.67. The van der Waals surface area contributed by atoms with Crippen LogP contribution in [0.4, 0.5) is 5.69 Å². The fourth-order valence-electron chi connectivity index (χ4n) is 1.73. The Morgan fingerprint density at radius 3 is 2.62 bits per heavy atom. The van der Waals surface area contributed by atoms with Gasteiger partial charge in [0.2, 0.25) is 0 Å². The fourth-order valence-corrected chi connectivity index (χ4v) is 1.96. The van der Waals surface area contributed by atoms with E-state index in [0.717, 1.165) is 17.0 Å². The van der Waals surface area contributed by atoms with Gasteiger partial charge in [0.1, 0.15) is 5.82 Å². The van der Waals surface area contributed by atoms with Crippen molar-refractivity contribution in [3.8, 4) is 0 Å². The van der Waals surface area contributed by atoms with Crippen LogP contribution in [0.1, 0.15) is 26.6 Å². The third-order valence-electron chi connectivity index (χ3n) is 2.56. The summed E-state index contributed by atoms with van der Waals surface area (Å²) in [6.45, 7) is 6.39. The number of hydrogen-bond acceptors (Lipinski definition) is 2. The topological polar surface area (TPSA) is 29.3 Å². The first-order valence-corrected chi connectivity index (χ1v) is 5.67. The van der Waals surface area contributed by atoms with Crippen molar-refractivity contribution in [1.29, 1.82) is 0 Å². The zero-order valence-corrected chi connectivity index (χ0v) is 10.8. The number of hydrogen-bond donors (Lipinski definition) is 1. The predicted octanol–water partition coefficient (Wildman–Crippen LogP) is 3.33. The van der Waals surface area contributed by atoms with Crippen molar-refractivity contribution in [1.82, 2.24) is 9.38 Å². The summed E-state index contributed by atoms with van der Waals surface area (Å²) in [6, 6.07) is 4.02. The number of fused-ring (bicyclic) bond motifs is 1. The Morgan fingerprint density at radius 1 is 1.38 bits per heavy atom. The van der Waals surface area contributed by atoms with Gasteiger partial charge in [0.25, 0.3) is 0 Å². The Hall–Kier alpha value is -1.22. The summed E-state index contributed by atoms with van der Waals surface area (Å²) in [5.74, 6) is 0.982. The monoisotopic (exact) mass is 237 g/mol. The van der Waals surface area contributed by atoms with E-state index in [1.807, 2.05) is 29.8 Å². The third kappa shape index (κ3) is 1.76. The minimum absolute atomic E-state index is 0.0167. The van der Waals surface area contributed by atoms with Crippen molar-refractivity contribution in [2.24, 2.45) is 0 Å². The van der Waals surface area contributed by atoms with E-state index in [-0.39, 0.29) is 5.41 Å². The molecule has 86 valence electrons. The van der Waals surface area contributed by atoms with Crippen LogP contribution in [0.3, 0.4) is 0 Å². The van der Waals surface area contributed by atoms with Gasteiger partial charge in [-0.15, -0.1) is 0 Å². The van der Waals surface area contributed by atoms with E-state index in [4.69, 9.17) is 11.6 Å². The molecule has 2 rings (SSSR count). The number of aromatic nitrogens is 2. The van der Waals surface area contributed by atoms with Crippen LogP contribution in [0.5, 0.6) is 0 Å². The van der Waals surface area contributed by atoms with Crippen LogP contribution in [0.15, 0.2) is 18.3 Å². The van der Waals surface area contributed by atoms with Crippen LogP contribution in [0.25, 0.3) is 5.52 Å². The van der Waals surface area contributed by atoms with Crippen molar-refractivity contribution in [2.75, 3.05) is 12.4 Å². The number of rotatable bonds is 1. The number of halogens is 1. The SMILES string of the molecule is CNc1ccn2c(C(C)(C)C)nc(Cl)c2c1. The molecular weight excluding hydrogens is 222 g/mol. The quantitative estimate of drug-likeness (QED) is 0.825. The maximum absolute atomic E-state index is 6.15. The Bertz CT molecular complexity index is 523. The smallest absolute Gasteiger partial charge is 0.155 e. The number of anilines is 1. The van der Waals surface area contributed by atoms with Crippen LogP contribution in [-0.4, -0.2) is 16.4 Å². The molecule has 0 fully saturated rings. The average Bonchev–Trinajstić information content (AvgIpc) is 2.55. The van der Waals surface area contributed by atoms with Crippen LogP contribution >= 0.6 is 11.6 Å². The number of nitrogens with zero attached hydrogens (tertiary/aromatic N) is 2. The molecular formula is C12H16ClN3. The molecule has 3 nitrogen and oxygen atoms in total. The van der Waals surface area contributed by atoms with Gasteiger partial charge in [-0.3, -0.25) is 0 Å². The Morgan fingerprint density at radius 2 is 2.06 bits per heavy atom. The third-order valence-corrected chi connectivity index (χ3v) is 2.84. The Labute approximate surface area is 100 Å². The van der Waals surface area contributed by atoms with Gasteiger partial charge in [-0.25, -0.2) is 4.98 Å². The molecule has 0 aliphatic carbocycles. The highest BCUT2D eigenvalue weighted by atomic mass is 35.5. The maximum Gasteiger partial charge on any atom is 0.155 e. The number of imidazole rings is 1. The van der Waals surface area contributed by atoms with E-state index in [0.29, 0.717) is 5.15 Å². The van der Waals surface area contributed by atoms with E-state index in [1.54, 1.807) is 0 Å². The van der Waals surface area contributed by atoms with Gasteiger partial charge >= 0.3 is 0 Å². The van der Waals surface area contributed by atoms with Crippen molar-refractivity contribution < 1.29 is 0 Å². The molecule has 4 heteroatoms. The van der Waals surface area contributed by atoms with Gasteiger partial charge in [0, 0.05) is 24.3 Å². The van der Waals surface area contributed by atoms with Crippen molar-refractivity contribution in [2.45, 2.75) is 26.2 Å². The molecule has 0 unspecified atom stereocenters. The lowest BCUT2D eigenvalue weighted by atomic mass is 9.96. The summed E-state index contributed by atoms with van der Waals surface area (Å²) in [4.78, 5) is 4.44. The molecule has 0 aliphatic heterocycles. The van der Waals surface area contributed by atoms with Gasteiger partial charge in [-0.05, 0) is 12.1 Å². The molecule has 0 atom stereocenters. The van der Waals surface area contributed by atoms with E-state index in [2.05, 4.69) is 31.1 Å². The summed E-state index contributed by atoms with van der Waals surface area (Å²) >= 11 is 6.15. The molecule has 2 aromatic heterocycles. The highest BCUT2D eigenvalue weighted by molar-refractivity contribution is 6.32. The largest absolute Gasteiger partial charge is 0.388 e. The molecule has 16 heavy (non-hydrogen) atoms. The zero-order valence-electron chi connectivity index (χ0n) is 10.0. The first-order valence-electron chi connectivity index (χ1n) is 5.29. The molecule has 2 aromatic rings. The predicted molar refractivity (Wildman–Crippen MR) is 68.4 cm³/mol. The minimum atomic E-state index is -0.0167. The highest BCUT2D eigenvalue weighted by Crippen LogP contribution is 2.28. The lowest BCUT2D eigenvalue weighted by Crippen LogP contribution is -2.15. The molecule has 0 radical (unpaired) electrons. The molecule has 0 bridgehead atoms. The lowest BCUT2D eigenvalue weighted by Gasteiger charge is -2.16. The van der Waals surface area contributed by atoms with Crippen molar-refractivity contribution >= 4 is 22.8 Å². The van der Waals surface area contributed by atoms with Crippen LogP contribution in [0.2, 0.25) is 5.15 Å². The Kier molecular flexibility index (Phi) is 2.58. The van der Waals surface area contributed by atoms with Crippen LogP contribution in [-0.2, 0) is 5.41 Å². The van der Waals surface area contributed by atoms with Gasteiger partial charge in [-0.2, -0.15) is 0 Å². The minimum Gasteiger partial charge on any atom is -0.388 e. The van der Waals surface area contributed by atoms with E-state index in [9.17, 15) is 0 Å². The van der Waals surface area contributed by atoms with Gasteiger partial charge in [-0.1, -0.05) is 32.4 Å². The number of nitrogens with one attached hydrogen (secondary N) is 1. The lowest BCUT2D eigenvalue weighted by molar-refractivity contribution is 0.543. The Balaban J connectivity index is 2.72. The molecule has 0 saturated carbocycles. The molecule has 0 aromatic carbocycles. The number of pyridine rings is 1. The van der Waals surface area contributed by atoms with E-state index >= 15 is 0 Å². The van der Waals surface area contributed by atoms with Crippen LogP contribution in [0, 0.1) is 0 Å². The molecule has 0 amide bonds. The van der Waals surface area contributed by atoms with Gasteiger partial charge in [0.05, 0.1) is 5.52 Å². The first kappa shape index (κ1) is 11.3. The molecule has 2 heterocycles. The second-order valence-electron chi connectivity index (χ2n) is 4.90. The van der Waals surface area contributed by atoms with Crippen molar-refractivity contribution in [3.05, 3.63) is 29.3 Å². The molecule has 0 aliphatic rings. The maximum atomic E-state index is 6.15. The van der Waals surface area contributed by atoms with Gasteiger partial charge < -0.3 is 9.72 Å². The summed E-state index contributed by atoms with van der Waals surface area (Å²) in [5, 5.41) is 3.65. The summed E-state index contributed by atoms with van der Waals surface area (Å²) in [5.41, 5.74) is 1.96. The summed E-state index contributed by atoms with van der Waals surface area (Å²) in [7, 11) is 1.89. The van der Waals surface area contributed by atoms with Gasteiger partial charge in [0.15, 0.2) is 5.15 Å². The fraction of sp³-hybridized carbons (Fsp3) is 0.417. The molecule has 0 saturated heterocycles. The summed E-state index contributed by atoms with van der Waals surface area (Å²) in [6.07, 6.45) is 2.00. The summed E-state index contributed by atoms with van der Waals surface area (Å²) < 4.78 is 2.04. The van der Waals surface area contributed by atoms with Crippen LogP contribution < -0.4 is 5.32 Å². The zero-order chi connectivity index (χ0) is 11.9. The van der Waals surface area contributed by atoms with E-state index in [1.165, 1.54) is 0 Å². The molecule has 1 N–H and O–H groups in total. The normalized spacial score (nSPS) is 12.1. The second-order valence-corrected chi connectivity index (χ2v) is 5.25. The average molecular weight is 238 g/mol. The first-order chi connectivity index (χ1) is 7.43. The highest BCUT2D eigenvalue weighted by Gasteiger charge is 2.21.